The maximum atomic E-state index is 12.8. The van der Waals surface area contributed by atoms with E-state index in [0.29, 0.717) is 17.2 Å². The fourth-order valence-corrected chi connectivity index (χ4v) is 3.76. The Morgan fingerprint density at radius 3 is 2.59 bits per heavy atom. The summed E-state index contributed by atoms with van der Waals surface area (Å²) in [6, 6.07) is 5.65. The zero-order chi connectivity index (χ0) is 15.7. The van der Waals surface area contributed by atoms with E-state index in [1.165, 1.54) is 0 Å². The van der Waals surface area contributed by atoms with Crippen LogP contribution < -0.4 is 5.32 Å². The van der Waals surface area contributed by atoms with Crippen molar-refractivity contribution in [3.63, 3.8) is 0 Å². The second-order valence-corrected chi connectivity index (χ2v) is 7.44. The smallest absolute Gasteiger partial charge is 0.256 e. The molecule has 2 aliphatic rings. The van der Waals surface area contributed by atoms with Crippen molar-refractivity contribution < 1.29 is 9.59 Å². The number of nitrogens with zero attached hydrogens (tertiary/aromatic N) is 1. The molecule has 3 rings (SSSR count). The average molecular weight is 318 g/mol. The lowest BCUT2D eigenvalue weighted by atomic mass is 10.1. The summed E-state index contributed by atoms with van der Waals surface area (Å²) in [5.74, 6) is 2.61. The number of nitrogens with one attached hydrogen (secondary N) is 1. The van der Waals surface area contributed by atoms with Crippen molar-refractivity contribution in [3.05, 3.63) is 29.3 Å². The number of carbonyl (C=O) groups excluding carboxylic acids is 2. The van der Waals surface area contributed by atoms with Gasteiger partial charge in [0.25, 0.3) is 5.91 Å². The number of anilines is 1. The quantitative estimate of drug-likeness (QED) is 0.932. The first kappa shape index (κ1) is 15.4. The normalized spacial score (nSPS) is 24.0. The van der Waals surface area contributed by atoms with Gasteiger partial charge < -0.3 is 10.2 Å². The lowest BCUT2D eigenvalue weighted by Gasteiger charge is -2.27. The number of benzene rings is 1. The van der Waals surface area contributed by atoms with Gasteiger partial charge in [0, 0.05) is 30.5 Å². The lowest BCUT2D eigenvalue weighted by molar-refractivity contribution is -0.117. The zero-order valence-corrected chi connectivity index (χ0v) is 13.9. The summed E-state index contributed by atoms with van der Waals surface area (Å²) < 4.78 is 0. The third-order valence-corrected chi connectivity index (χ3v) is 5.44. The monoisotopic (exact) mass is 318 g/mol. The van der Waals surface area contributed by atoms with Crippen LogP contribution in [0.2, 0.25) is 0 Å². The molecular weight excluding hydrogens is 296 g/mol. The molecule has 1 aliphatic heterocycles. The number of amides is 2. The number of carbonyl (C=O) groups is 2. The van der Waals surface area contributed by atoms with Crippen LogP contribution >= 0.6 is 11.8 Å². The summed E-state index contributed by atoms with van der Waals surface area (Å²) >= 11 is 1.88. The highest BCUT2D eigenvalue weighted by molar-refractivity contribution is 7.99. The molecule has 1 aliphatic carbocycles. The van der Waals surface area contributed by atoms with Gasteiger partial charge in [-0.3, -0.25) is 9.59 Å². The number of rotatable bonds is 3. The van der Waals surface area contributed by atoms with Crippen LogP contribution in [-0.4, -0.2) is 41.3 Å². The Hall–Kier alpha value is -1.49. The lowest BCUT2D eigenvalue weighted by Crippen LogP contribution is -2.38. The Morgan fingerprint density at radius 2 is 1.95 bits per heavy atom. The highest BCUT2D eigenvalue weighted by Crippen LogP contribution is 2.39. The predicted octanol–water partition coefficient (Wildman–Crippen LogP) is 2.78. The molecule has 2 amide bonds. The third-order valence-electron chi connectivity index (χ3n) is 4.50. The van der Waals surface area contributed by atoms with E-state index in [2.05, 4.69) is 12.2 Å². The molecule has 0 radical (unpaired) electrons. The van der Waals surface area contributed by atoms with Gasteiger partial charge in [0.05, 0.1) is 11.3 Å². The van der Waals surface area contributed by atoms with Gasteiger partial charge in [-0.05, 0) is 30.9 Å². The van der Waals surface area contributed by atoms with Crippen LogP contribution in [0.15, 0.2) is 18.2 Å². The molecule has 22 heavy (non-hydrogen) atoms. The van der Waals surface area contributed by atoms with Crippen molar-refractivity contribution in [2.24, 2.45) is 11.8 Å². The summed E-state index contributed by atoms with van der Waals surface area (Å²) in [5.41, 5.74) is 2.25. The molecule has 0 aromatic heterocycles. The van der Waals surface area contributed by atoms with Gasteiger partial charge >= 0.3 is 0 Å². The highest BCUT2D eigenvalue weighted by Gasteiger charge is 2.39. The second-order valence-electron chi connectivity index (χ2n) is 6.21. The first-order valence-electron chi connectivity index (χ1n) is 7.85. The Balaban J connectivity index is 1.82. The highest BCUT2D eigenvalue weighted by atomic mass is 32.2. The van der Waals surface area contributed by atoms with E-state index in [4.69, 9.17) is 0 Å². The number of para-hydroxylation sites is 1. The van der Waals surface area contributed by atoms with Crippen LogP contribution in [0.25, 0.3) is 0 Å². The maximum Gasteiger partial charge on any atom is 0.256 e. The molecule has 1 aromatic rings. The second kappa shape index (κ2) is 6.32. The molecule has 1 saturated heterocycles. The fraction of sp³-hybridized carbons (Fsp3) is 0.529. The molecule has 1 aromatic carbocycles. The molecule has 2 fully saturated rings. The standard InChI is InChI=1S/C17H22N2O2S/c1-11-4-3-5-13(17(21)19-6-8-22-9-7-19)15(11)18-16(20)14-10-12(14)2/h3-5,12,14H,6-10H2,1-2H3,(H,18,20)/t12-,14-/m0/s1. The Labute approximate surface area is 135 Å². The van der Waals surface area contributed by atoms with E-state index in [0.717, 1.165) is 36.6 Å². The van der Waals surface area contributed by atoms with Crippen LogP contribution in [0, 0.1) is 18.8 Å². The van der Waals surface area contributed by atoms with Crippen LogP contribution in [0.4, 0.5) is 5.69 Å². The summed E-state index contributed by atoms with van der Waals surface area (Å²) in [7, 11) is 0. The summed E-state index contributed by atoms with van der Waals surface area (Å²) in [6.07, 6.45) is 0.949. The molecule has 5 heteroatoms. The van der Waals surface area contributed by atoms with E-state index in [1.807, 2.05) is 41.8 Å². The van der Waals surface area contributed by atoms with Gasteiger partial charge in [-0.25, -0.2) is 0 Å². The molecule has 0 unspecified atom stereocenters. The SMILES string of the molecule is Cc1cccc(C(=O)N2CCSCC2)c1NC(=O)[C@H]1C[C@@H]1C. The minimum absolute atomic E-state index is 0.0307. The summed E-state index contributed by atoms with van der Waals surface area (Å²) in [4.78, 5) is 26.9. The van der Waals surface area contributed by atoms with E-state index in [-0.39, 0.29) is 17.7 Å². The van der Waals surface area contributed by atoms with Gasteiger partial charge in [0.1, 0.15) is 0 Å². The molecule has 2 atom stereocenters. The summed E-state index contributed by atoms with van der Waals surface area (Å²) in [5, 5.41) is 3.00. The maximum absolute atomic E-state index is 12.8. The molecule has 0 spiro atoms. The Morgan fingerprint density at radius 1 is 1.27 bits per heavy atom. The van der Waals surface area contributed by atoms with Crippen LogP contribution in [-0.2, 0) is 4.79 Å². The van der Waals surface area contributed by atoms with Gasteiger partial charge in [0.2, 0.25) is 5.91 Å². The van der Waals surface area contributed by atoms with Gasteiger partial charge in [-0.15, -0.1) is 0 Å². The number of aryl methyl sites for hydroxylation is 1. The number of hydrogen-bond acceptors (Lipinski definition) is 3. The van der Waals surface area contributed by atoms with Crippen molar-refractivity contribution in [2.75, 3.05) is 29.9 Å². The topological polar surface area (TPSA) is 49.4 Å². The van der Waals surface area contributed by atoms with E-state index in [1.54, 1.807) is 0 Å². The third kappa shape index (κ3) is 3.14. The fourth-order valence-electron chi connectivity index (χ4n) is 2.85. The van der Waals surface area contributed by atoms with E-state index in [9.17, 15) is 9.59 Å². The molecular formula is C17H22N2O2S. The van der Waals surface area contributed by atoms with Crippen molar-refractivity contribution in [1.29, 1.82) is 0 Å². The van der Waals surface area contributed by atoms with Crippen molar-refractivity contribution in [3.8, 4) is 0 Å². The van der Waals surface area contributed by atoms with Crippen LogP contribution in [0.3, 0.4) is 0 Å². The minimum atomic E-state index is 0.0307. The zero-order valence-electron chi connectivity index (χ0n) is 13.1. The Bertz CT molecular complexity index is 596. The predicted molar refractivity (Wildman–Crippen MR) is 90.3 cm³/mol. The molecule has 1 saturated carbocycles. The number of thioether (sulfide) groups is 1. The molecule has 4 nitrogen and oxygen atoms in total. The first-order valence-corrected chi connectivity index (χ1v) is 9.01. The van der Waals surface area contributed by atoms with Gasteiger partial charge in [-0.1, -0.05) is 19.1 Å². The van der Waals surface area contributed by atoms with Crippen molar-refractivity contribution in [1.82, 2.24) is 4.90 Å². The number of hydrogen-bond donors (Lipinski definition) is 1. The minimum Gasteiger partial charge on any atom is -0.337 e. The van der Waals surface area contributed by atoms with Gasteiger partial charge in [-0.2, -0.15) is 11.8 Å². The van der Waals surface area contributed by atoms with Crippen molar-refractivity contribution in [2.45, 2.75) is 20.3 Å². The van der Waals surface area contributed by atoms with E-state index < -0.39 is 0 Å². The van der Waals surface area contributed by atoms with Crippen molar-refractivity contribution >= 4 is 29.3 Å². The van der Waals surface area contributed by atoms with E-state index >= 15 is 0 Å². The largest absolute Gasteiger partial charge is 0.337 e. The Kier molecular flexibility index (Phi) is 4.43. The molecule has 0 bridgehead atoms. The molecule has 118 valence electrons. The molecule has 1 N–H and O–H groups in total. The van der Waals surface area contributed by atoms with Crippen LogP contribution in [0.1, 0.15) is 29.3 Å². The summed E-state index contributed by atoms with van der Waals surface area (Å²) in [6.45, 7) is 5.59. The first-order chi connectivity index (χ1) is 10.6. The van der Waals surface area contributed by atoms with Crippen LogP contribution in [0.5, 0.6) is 0 Å². The van der Waals surface area contributed by atoms with Gasteiger partial charge in [0.15, 0.2) is 0 Å². The molecule has 1 heterocycles. The average Bonchev–Trinajstić information content (AvgIpc) is 3.26.